The molecule has 2 aromatic carbocycles. The van der Waals surface area contributed by atoms with Crippen LogP contribution in [0.15, 0.2) is 70.7 Å². The van der Waals surface area contributed by atoms with Crippen LogP contribution in [0.25, 0.3) is 0 Å². The Labute approximate surface area is 180 Å². The Morgan fingerprint density at radius 2 is 1.97 bits per heavy atom. The first-order chi connectivity index (χ1) is 15.0. The number of hydrazone groups is 1. The lowest BCUT2D eigenvalue weighted by molar-refractivity contribution is 0.0953. The summed E-state index contributed by atoms with van der Waals surface area (Å²) in [5.41, 5.74) is 4.78. The maximum Gasteiger partial charge on any atom is 0.276 e. The molecule has 0 unspecified atom stereocenters. The normalized spacial score (nSPS) is 10.8. The standard InChI is InChI=1S/C24H25N3O4/c1-4-31-21-12-6-10-19(22(21)30-3)15-25-26-23(28)20-11-7-13-27(24(20)29)16-18-9-5-8-17(2)14-18/h5-15H,4,16H2,1-3H3,(H,26,28)/b25-15-. The van der Waals surface area contributed by atoms with Crippen molar-refractivity contribution < 1.29 is 14.3 Å². The van der Waals surface area contributed by atoms with Gasteiger partial charge < -0.3 is 14.0 Å². The van der Waals surface area contributed by atoms with E-state index in [9.17, 15) is 9.59 Å². The molecule has 1 amide bonds. The van der Waals surface area contributed by atoms with E-state index in [1.165, 1.54) is 24.0 Å². The molecule has 7 nitrogen and oxygen atoms in total. The Balaban J connectivity index is 1.76. The van der Waals surface area contributed by atoms with Crippen molar-refractivity contribution in [1.29, 1.82) is 0 Å². The lowest BCUT2D eigenvalue weighted by atomic mass is 10.1. The minimum atomic E-state index is -0.584. The van der Waals surface area contributed by atoms with E-state index in [0.29, 0.717) is 30.2 Å². The number of hydrogen-bond acceptors (Lipinski definition) is 5. The summed E-state index contributed by atoms with van der Waals surface area (Å²) < 4.78 is 12.4. The van der Waals surface area contributed by atoms with Gasteiger partial charge in [-0.15, -0.1) is 0 Å². The fourth-order valence-corrected chi connectivity index (χ4v) is 3.18. The van der Waals surface area contributed by atoms with Crippen LogP contribution in [0.4, 0.5) is 0 Å². The van der Waals surface area contributed by atoms with Gasteiger partial charge in [0.15, 0.2) is 11.5 Å². The summed E-state index contributed by atoms with van der Waals surface area (Å²) in [4.78, 5) is 25.3. The number of para-hydroxylation sites is 1. The van der Waals surface area contributed by atoms with Crippen LogP contribution in [0.1, 0.15) is 34.0 Å². The van der Waals surface area contributed by atoms with E-state index >= 15 is 0 Å². The number of ether oxygens (including phenoxy) is 2. The van der Waals surface area contributed by atoms with Crippen LogP contribution in [-0.4, -0.2) is 30.4 Å². The number of carbonyl (C=O) groups is 1. The minimum absolute atomic E-state index is 0.0161. The number of pyridine rings is 1. The number of methoxy groups -OCH3 is 1. The van der Waals surface area contributed by atoms with E-state index in [1.54, 1.807) is 30.5 Å². The number of carbonyl (C=O) groups excluding carboxylic acids is 1. The summed E-state index contributed by atoms with van der Waals surface area (Å²) in [6.45, 7) is 4.75. The fraction of sp³-hybridized carbons (Fsp3) is 0.208. The van der Waals surface area contributed by atoms with Gasteiger partial charge in [0.05, 0.1) is 26.5 Å². The lowest BCUT2D eigenvalue weighted by Gasteiger charge is -2.11. The number of benzene rings is 2. The van der Waals surface area contributed by atoms with Gasteiger partial charge in [-0.1, -0.05) is 35.9 Å². The molecule has 1 N–H and O–H groups in total. The van der Waals surface area contributed by atoms with Gasteiger partial charge >= 0.3 is 0 Å². The third-order valence-corrected chi connectivity index (χ3v) is 4.58. The molecule has 0 saturated heterocycles. The largest absolute Gasteiger partial charge is 0.492 e. The van der Waals surface area contributed by atoms with Crippen molar-refractivity contribution in [3.63, 3.8) is 0 Å². The van der Waals surface area contributed by atoms with Gasteiger partial charge in [-0.25, -0.2) is 5.43 Å². The first kappa shape index (κ1) is 21.8. The number of hydrogen-bond donors (Lipinski definition) is 1. The molecule has 3 aromatic rings. The highest BCUT2D eigenvalue weighted by Gasteiger charge is 2.12. The van der Waals surface area contributed by atoms with E-state index in [1.807, 2.05) is 38.1 Å². The molecule has 0 spiro atoms. The van der Waals surface area contributed by atoms with Crippen LogP contribution >= 0.6 is 0 Å². The maximum atomic E-state index is 12.8. The van der Waals surface area contributed by atoms with Gasteiger partial charge in [0.25, 0.3) is 11.5 Å². The number of aromatic nitrogens is 1. The fourth-order valence-electron chi connectivity index (χ4n) is 3.18. The van der Waals surface area contributed by atoms with Crippen LogP contribution in [-0.2, 0) is 6.54 Å². The summed E-state index contributed by atoms with van der Waals surface area (Å²) >= 11 is 0. The molecule has 0 aliphatic carbocycles. The smallest absolute Gasteiger partial charge is 0.276 e. The highest BCUT2D eigenvalue weighted by atomic mass is 16.5. The average Bonchev–Trinajstić information content (AvgIpc) is 2.75. The Morgan fingerprint density at radius 3 is 2.71 bits per heavy atom. The molecule has 0 radical (unpaired) electrons. The van der Waals surface area contributed by atoms with Crippen LogP contribution in [0.3, 0.4) is 0 Å². The molecule has 0 aliphatic rings. The highest BCUT2D eigenvalue weighted by molar-refractivity contribution is 5.94. The topological polar surface area (TPSA) is 81.9 Å². The quantitative estimate of drug-likeness (QED) is 0.448. The summed E-state index contributed by atoms with van der Waals surface area (Å²) in [5, 5.41) is 3.99. The summed E-state index contributed by atoms with van der Waals surface area (Å²) in [5.74, 6) is 0.518. The summed E-state index contributed by atoms with van der Waals surface area (Å²) in [7, 11) is 1.54. The molecule has 0 aliphatic heterocycles. The minimum Gasteiger partial charge on any atom is -0.492 e. The molecule has 0 fully saturated rings. The molecular weight excluding hydrogens is 394 g/mol. The van der Waals surface area contributed by atoms with E-state index in [2.05, 4.69) is 10.5 Å². The SMILES string of the molecule is CCOc1cccc(/C=N\NC(=O)c2cccn(Cc3cccc(C)c3)c2=O)c1OC. The average molecular weight is 419 g/mol. The highest BCUT2D eigenvalue weighted by Crippen LogP contribution is 2.29. The molecular formula is C24H25N3O4. The summed E-state index contributed by atoms with van der Waals surface area (Å²) in [6.07, 6.45) is 3.11. The predicted molar refractivity (Wildman–Crippen MR) is 120 cm³/mol. The number of amides is 1. The van der Waals surface area contributed by atoms with Gasteiger partial charge in [-0.2, -0.15) is 5.10 Å². The second kappa shape index (κ2) is 10.2. The van der Waals surface area contributed by atoms with Crippen molar-refractivity contribution in [2.75, 3.05) is 13.7 Å². The van der Waals surface area contributed by atoms with Crippen LogP contribution in [0.2, 0.25) is 0 Å². The maximum absolute atomic E-state index is 12.8. The molecule has 31 heavy (non-hydrogen) atoms. The first-order valence-electron chi connectivity index (χ1n) is 9.91. The molecule has 1 aromatic heterocycles. The Morgan fingerprint density at radius 1 is 1.16 bits per heavy atom. The van der Waals surface area contributed by atoms with Crippen molar-refractivity contribution in [2.45, 2.75) is 20.4 Å². The molecule has 1 heterocycles. The number of aryl methyl sites for hydroxylation is 1. The number of nitrogens with zero attached hydrogens (tertiary/aromatic N) is 2. The third-order valence-electron chi connectivity index (χ3n) is 4.58. The zero-order valence-electron chi connectivity index (χ0n) is 17.8. The molecule has 0 saturated carbocycles. The predicted octanol–water partition coefficient (Wildman–Crippen LogP) is 3.38. The van der Waals surface area contributed by atoms with Gasteiger partial charge in [-0.05, 0) is 43.7 Å². The Hall–Kier alpha value is -3.87. The van der Waals surface area contributed by atoms with E-state index < -0.39 is 5.91 Å². The molecule has 0 atom stereocenters. The third kappa shape index (κ3) is 5.39. The Bertz CT molecular complexity index is 1150. The summed E-state index contributed by atoms with van der Waals surface area (Å²) in [6, 6.07) is 16.4. The van der Waals surface area contributed by atoms with Crippen LogP contribution in [0.5, 0.6) is 11.5 Å². The van der Waals surface area contributed by atoms with Crippen molar-refractivity contribution in [2.24, 2.45) is 5.10 Å². The van der Waals surface area contributed by atoms with Crippen molar-refractivity contribution in [3.8, 4) is 11.5 Å². The monoisotopic (exact) mass is 419 g/mol. The molecule has 3 rings (SSSR count). The zero-order valence-corrected chi connectivity index (χ0v) is 17.8. The molecule has 160 valence electrons. The second-order valence-corrected chi connectivity index (χ2v) is 6.85. The molecule has 0 bridgehead atoms. The molecule has 7 heteroatoms. The number of nitrogens with one attached hydrogen (secondary N) is 1. The van der Waals surface area contributed by atoms with E-state index in [0.717, 1.165) is 11.1 Å². The van der Waals surface area contributed by atoms with Crippen LogP contribution < -0.4 is 20.5 Å². The number of rotatable bonds is 8. The van der Waals surface area contributed by atoms with Crippen molar-refractivity contribution in [3.05, 3.63) is 93.4 Å². The van der Waals surface area contributed by atoms with Crippen molar-refractivity contribution in [1.82, 2.24) is 9.99 Å². The van der Waals surface area contributed by atoms with E-state index in [-0.39, 0.29) is 11.1 Å². The van der Waals surface area contributed by atoms with Gasteiger partial charge in [0, 0.05) is 11.8 Å². The van der Waals surface area contributed by atoms with Gasteiger partial charge in [0.1, 0.15) is 5.56 Å². The Kier molecular flexibility index (Phi) is 7.22. The van der Waals surface area contributed by atoms with Crippen LogP contribution in [0, 0.1) is 6.92 Å². The second-order valence-electron chi connectivity index (χ2n) is 6.85. The van der Waals surface area contributed by atoms with E-state index in [4.69, 9.17) is 9.47 Å². The van der Waals surface area contributed by atoms with Crippen molar-refractivity contribution >= 4 is 12.1 Å². The first-order valence-corrected chi connectivity index (χ1v) is 9.91. The zero-order chi connectivity index (χ0) is 22.2. The van der Waals surface area contributed by atoms with Gasteiger partial charge in [-0.3, -0.25) is 9.59 Å². The van der Waals surface area contributed by atoms with Gasteiger partial charge in [0.2, 0.25) is 0 Å². The lowest BCUT2D eigenvalue weighted by Crippen LogP contribution is -2.30.